The molecule has 1 aromatic carbocycles. The lowest BCUT2D eigenvalue weighted by Gasteiger charge is -2.03. The molecule has 7 heteroatoms. The molecule has 16 heavy (non-hydrogen) atoms. The van der Waals surface area contributed by atoms with Crippen molar-refractivity contribution in [3.63, 3.8) is 0 Å². The molecular formula is C9H9NO5S. The van der Waals surface area contributed by atoms with E-state index >= 15 is 0 Å². The van der Waals surface area contributed by atoms with Gasteiger partial charge in [-0.15, -0.1) is 0 Å². The van der Waals surface area contributed by atoms with Gasteiger partial charge in [-0.05, 0) is 6.07 Å². The summed E-state index contributed by atoms with van der Waals surface area (Å²) < 4.78 is 27.8. The Morgan fingerprint density at radius 2 is 2.12 bits per heavy atom. The molecule has 86 valence electrons. The number of hydrogen-bond acceptors (Lipinski definition) is 5. The molecule has 6 nitrogen and oxygen atoms in total. The maximum absolute atomic E-state index is 11.5. The Bertz CT molecular complexity index is 535. The van der Waals surface area contributed by atoms with Gasteiger partial charge in [0.1, 0.15) is 5.75 Å². The van der Waals surface area contributed by atoms with Gasteiger partial charge in [-0.3, -0.25) is 10.1 Å². The van der Waals surface area contributed by atoms with Gasteiger partial charge in [0.2, 0.25) is 9.84 Å². The van der Waals surface area contributed by atoms with Crippen LogP contribution in [0.25, 0.3) is 0 Å². The van der Waals surface area contributed by atoms with E-state index in [9.17, 15) is 18.5 Å². The van der Waals surface area contributed by atoms with Crippen LogP contribution in [0.1, 0.15) is 0 Å². The number of sulfone groups is 1. The molecule has 0 unspecified atom stereocenters. The average molecular weight is 243 g/mol. The zero-order valence-electron chi connectivity index (χ0n) is 8.41. The van der Waals surface area contributed by atoms with E-state index in [4.69, 9.17) is 4.74 Å². The largest absolute Gasteiger partial charge is 0.497 e. The molecule has 0 heterocycles. The molecule has 0 radical (unpaired) electrons. The lowest BCUT2D eigenvalue weighted by molar-refractivity contribution is -0.387. The van der Waals surface area contributed by atoms with Crippen molar-refractivity contribution in [3.8, 4) is 5.75 Å². The lowest BCUT2D eigenvalue weighted by atomic mass is 10.3. The number of benzene rings is 1. The summed E-state index contributed by atoms with van der Waals surface area (Å²) in [5.74, 6) is 0.228. The van der Waals surface area contributed by atoms with E-state index in [1.165, 1.54) is 13.2 Å². The number of methoxy groups -OCH3 is 1. The summed E-state index contributed by atoms with van der Waals surface area (Å²) in [4.78, 5) is 9.46. The fourth-order valence-electron chi connectivity index (χ4n) is 1.09. The van der Waals surface area contributed by atoms with Crippen molar-refractivity contribution >= 4 is 15.5 Å². The van der Waals surface area contributed by atoms with Crippen LogP contribution in [0.3, 0.4) is 0 Å². The van der Waals surface area contributed by atoms with E-state index in [-0.39, 0.29) is 5.75 Å². The molecule has 0 bridgehead atoms. The van der Waals surface area contributed by atoms with Crippen LogP contribution in [0.4, 0.5) is 5.69 Å². The summed E-state index contributed by atoms with van der Waals surface area (Å²) in [5.41, 5.74) is -0.499. The van der Waals surface area contributed by atoms with Crippen molar-refractivity contribution in [3.05, 3.63) is 40.3 Å². The standard InChI is InChI=1S/C9H9NO5S/c1-3-16(13,14)9-6-7(15-2)4-5-8(9)10(11)12/h3-6H,1H2,2H3. The lowest BCUT2D eigenvalue weighted by Crippen LogP contribution is -2.02. The summed E-state index contributed by atoms with van der Waals surface area (Å²) in [6.45, 7) is 3.11. The first kappa shape index (κ1) is 12.2. The van der Waals surface area contributed by atoms with Crippen LogP contribution in [-0.2, 0) is 9.84 Å². The fraction of sp³-hybridized carbons (Fsp3) is 0.111. The maximum atomic E-state index is 11.5. The van der Waals surface area contributed by atoms with Crippen LogP contribution < -0.4 is 4.74 Å². The minimum atomic E-state index is -3.86. The SMILES string of the molecule is C=CS(=O)(=O)c1cc(OC)ccc1[N+](=O)[O-]. The summed E-state index contributed by atoms with van der Waals surface area (Å²) in [6, 6.07) is 3.49. The van der Waals surface area contributed by atoms with Crippen LogP contribution in [0.2, 0.25) is 0 Å². The molecule has 0 saturated carbocycles. The highest BCUT2D eigenvalue weighted by molar-refractivity contribution is 7.94. The molecule has 0 atom stereocenters. The number of rotatable bonds is 4. The first-order valence-corrected chi connectivity index (χ1v) is 5.67. The van der Waals surface area contributed by atoms with E-state index in [0.717, 1.165) is 12.1 Å². The van der Waals surface area contributed by atoms with Crippen LogP contribution in [-0.4, -0.2) is 20.5 Å². The highest BCUT2D eigenvalue weighted by atomic mass is 32.2. The maximum Gasteiger partial charge on any atom is 0.288 e. The van der Waals surface area contributed by atoms with Gasteiger partial charge in [-0.1, -0.05) is 6.58 Å². The molecule has 0 N–H and O–H groups in total. The second-order valence-corrected chi connectivity index (χ2v) is 4.67. The molecule has 1 aromatic rings. The fourth-order valence-corrected chi connectivity index (χ4v) is 1.98. The van der Waals surface area contributed by atoms with Gasteiger partial charge in [0, 0.05) is 17.5 Å². The van der Waals surface area contributed by atoms with Gasteiger partial charge in [0.15, 0.2) is 4.90 Å². The van der Waals surface area contributed by atoms with E-state index < -0.39 is 25.3 Å². The molecule has 0 aliphatic heterocycles. The molecule has 0 amide bonds. The first-order valence-electron chi connectivity index (χ1n) is 4.12. The second-order valence-electron chi connectivity index (χ2n) is 2.80. The Morgan fingerprint density at radius 1 is 1.50 bits per heavy atom. The molecular weight excluding hydrogens is 234 g/mol. The van der Waals surface area contributed by atoms with Crippen molar-refractivity contribution in [2.24, 2.45) is 0 Å². The topological polar surface area (TPSA) is 86.5 Å². The van der Waals surface area contributed by atoms with Gasteiger partial charge in [0.05, 0.1) is 12.0 Å². The van der Waals surface area contributed by atoms with Crippen LogP contribution in [0, 0.1) is 10.1 Å². The summed E-state index contributed by atoms with van der Waals surface area (Å²) in [6.07, 6.45) is 0. The number of hydrogen-bond donors (Lipinski definition) is 0. The van der Waals surface area contributed by atoms with Crippen molar-refractivity contribution in [2.45, 2.75) is 4.90 Å². The molecule has 0 spiro atoms. The van der Waals surface area contributed by atoms with Crippen LogP contribution in [0.5, 0.6) is 5.75 Å². The Morgan fingerprint density at radius 3 is 2.56 bits per heavy atom. The number of nitro benzene ring substituents is 1. The van der Waals surface area contributed by atoms with Crippen LogP contribution >= 0.6 is 0 Å². The molecule has 0 aliphatic rings. The third-order valence-corrected chi connectivity index (χ3v) is 3.27. The minimum absolute atomic E-state index is 0.228. The van der Waals surface area contributed by atoms with Gasteiger partial charge < -0.3 is 4.74 Å². The summed E-state index contributed by atoms with van der Waals surface area (Å²) >= 11 is 0. The van der Waals surface area contributed by atoms with E-state index in [1.807, 2.05) is 0 Å². The van der Waals surface area contributed by atoms with E-state index in [1.54, 1.807) is 0 Å². The quantitative estimate of drug-likeness (QED) is 0.591. The first-order chi connectivity index (χ1) is 7.42. The van der Waals surface area contributed by atoms with Crippen molar-refractivity contribution < 1.29 is 18.1 Å². The van der Waals surface area contributed by atoms with E-state index in [0.29, 0.717) is 5.41 Å². The molecule has 1 rings (SSSR count). The van der Waals surface area contributed by atoms with Crippen LogP contribution in [0.15, 0.2) is 35.1 Å². The Kier molecular flexibility index (Phi) is 3.28. The van der Waals surface area contributed by atoms with Crippen molar-refractivity contribution in [2.75, 3.05) is 7.11 Å². The number of nitro groups is 1. The highest BCUT2D eigenvalue weighted by Crippen LogP contribution is 2.29. The summed E-state index contributed by atoms with van der Waals surface area (Å²) in [5, 5.41) is 11.3. The van der Waals surface area contributed by atoms with Gasteiger partial charge in [-0.2, -0.15) is 0 Å². The normalized spacial score (nSPS) is 10.8. The Hall–Kier alpha value is -1.89. The summed E-state index contributed by atoms with van der Waals surface area (Å²) in [7, 11) is -2.53. The van der Waals surface area contributed by atoms with Crippen molar-refractivity contribution in [1.29, 1.82) is 0 Å². The third kappa shape index (κ3) is 2.19. The Labute approximate surface area is 92.2 Å². The van der Waals surface area contributed by atoms with Gasteiger partial charge in [0.25, 0.3) is 5.69 Å². The number of ether oxygens (including phenoxy) is 1. The predicted molar refractivity (Wildman–Crippen MR) is 57.0 cm³/mol. The third-order valence-electron chi connectivity index (χ3n) is 1.89. The predicted octanol–water partition coefficient (Wildman–Crippen LogP) is 1.52. The van der Waals surface area contributed by atoms with E-state index in [2.05, 4.69) is 6.58 Å². The molecule has 0 aliphatic carbocycles. The minimum Gasteiger partial charge on any atom is -0.497 e. The average Bonchev–Trinajstić information content (AvgIpc) is 2.28. The Balaban J connectivity index is 3.55. The molecule has 0 fully saturated rings. The van der Waals surface area contributed by atoms with Crippen molar-refractivity contribution in [1.82, 2.24) is 0 Å². The van der Waals surface area contributed by atoms with Gasteiger partial charge in [-0.25, -0.2) is 8.42 Å². The monoisotopic (exact) mass is 243 g/mol. The molecule has 0 aromatic heterocycles. The zero-order valence-corrected chi connectivity index (χ0v) is 9.23. The highest BCUT2D eigenvalue weighted by Gasteiger charge is 2.23. The zero-order chi connectivity index (χ0) is 12.3. The molecule has 0 saturated heterocycles. The van der Waals surface area contributed by atoms with Gasteiger partial charge >= 0.3 is 0 Å². The second kappa shape index (κ2) is 4.31. The smallest absolute Gasteiger partial charge is 0.288 e. The number of nitrogens with zero attached hydrogens (tertiary/aromatic N) is 1.